The Morgan fingerprint density at radius 3 is 2.60 bits per heavy atom. The lowest BCUT2D eigenvalue weighted by molar-refractivity contribution is 0.384. The van der Waals surface area contributed by atoms with Gasteiger partial charge in [0.05, 0.1) is 5.25 Å². The molecule has 3 nitrogen and oxygen atoms in total. The average molecular weight is 272 g/mol. The minimum Gasteiger partial charge on any atom is -0.212 e. The van der Waals surface area contributed by atoms with E-state index in [4.69, 9.17) is 11.6 Å². The standard InChI is InChI=1S/C9H18ClNO2S2/c1-8(6-10)15(12,13)11-4-5-14-9(2,3)7-11/h8H,4-7H2,1-3H3. The molecular weight excluding hydrogens is 254 g/mol. The van der Waals surface area contributed by atoms with Gasteiger partial charge in [-0.05, 0) is 20.8 Å². The predicted octanol–water partition coefficient (Wildman–Crippen LogP) is 1.77. The van der Waals surface area contributed by atoms with Crippen LogP contribution in [-0.2, 0) is 10.0 Å². The first-order chi connectivity index (χ1) is 6.79. The van der Waals surface area contributed by atoms with E-state index in [1.165, 1.54) is 0 Å². The zero-order chi connectivity index (χ0) is 11.7. The summed E-state index contributed by atoms with van der Waals surface area (Å²) in [5.41, 5.74) is 0. The number of nitrogens with zero attached hydrogens (tertiary/aromatic N) is 1. The van der Waals surface area contributed by atoms with Gasteiger partial charge in [0.25, 0.3) is 0 Å². The summed E-state index contributed by atoms with van der Waals surface area (Å²) in [7, 11) is -3.20. The molecule has 0 bridgehead atoms. The molecule has 6 heteroatoms. The van der Waals surface area contributed by atoms with Gasteiger partial charge in [-0.3, -0.25) is 0 Å². The van der Waals surface area contributed by atoms with E-state index < -0.39 is 15.3 Å². The van der Waals surface area contributed by atoms with Crippen LogP contribution in [0.15, 0.2) is 0 Å². The van der Waals surface area contributed by atoms with Crippen LogP contribution >= 0.6 is 23.4 Å². The Bertz CT molecular complexity index is 316. The molecule has 0 aromatic rings. The molecule has 1 rings (SSSR count). The Kier molecular flexibility index (Phi) is 4.37. The fraction of sp³-hybridized carbons (Fsp3) is 1.00. The van der Waals surface area contributed by atoms with Crippen molar-refractivity contribution >= 4 is 33.4 Å². The Hall–Kier alpha value is 0.550. The minimum atomic E-state index is -3.20. The SMILES string of the molecule is CC(CCl)S(=O)(=O)N1CCSC(C)(C)C1. The molecule has 0 saturated carbocycles. The molecule has 15 heavy (non-hydrogen) atoms. The van der Waals surface area contributed by atoms with Crippen LogP contribution < -0.4 is 0 Å². The first-order valence-corrected chi connectivity index (χ1v) is 8.01. The van der Waals surface area contributed by atoms with Gasteiger partial charge in [0.2, 0.25) is 10.0 Å². The quantitative estimate of drug-likeness (QED) is 0.735. The maximum Gasteiger partial charge on any atom is 0.217 e. The second-order valence-electron chi connectivity index (χ2n) is 4.45. The van der Waals surface area contributed by atoms with E-state index >= 15 is 0 Å². The molecule has 1 unspecified atom stereocenters. The second-order valence-corrected chi connectivity index (χ2v) is 8.91. The number of hydrogen-bond acceptors (Lipinski definition) is 3. The minimum absolute atomic E-state index is 0.0113. The van der Waals surface area contributed by atoms with Gasteiger partial charge in [-0.15, -0.1) is 11.6 Å². The van der Waals surface area contributed by atoms with Gasteiger partial charge in [0, 0.05) is 29.5 Å². The lowest BCUT2D eigenvalue weighted by Gasteiger charge is -2.37. The summed E-state index contributed by atoms with van der Waals surface area (Å²) in [5, 5.41) is -0.488. The molecule has 0 aliphatic carbocycles. The van der Waals surface area contributed by atoms with Gasteiger partial charge in [-0.1, -0.05) is 0 Å². The van der Waals surface area contributed by atoms with Gasteiger partial charge in [0.15, 0.2) is 0 Å². The van der Waals surface area contributed by atoms with Crippen molar-refractivity contribution in [2.45, 2.75) is 30.8 Å². The van der Waals surface area contributed by atoms with Crippen LogP contribution in [0.1, 0.15) is 20.8 Å². The van der Waals surface area contributed by atoms with E-state index in [2.05, 4.69) is 13.8 Å². The molecule has 1 fully saturated rings. The molecule has 0 amide bonds. The zero-order valence-electron chi connectivity index (χ0n) is 9.36. The highest BCUT2D eigenvalue weighted by molar-refractivity contribution is 8.00. The van der Waals surface area contributed by atoms with Crippen molar-refractivity contribution in [1.82, 2.24) is 4.31 Å². The summed E-state index contributed by atoms with van der Waals surface area (Å²) in [4.78, 5) is 0. The monoisotopic (exact) mass is 271 g/mol. The Labute approximate surface area is 102 Å². The Balaban J connectivity index is 2.80. The third kappa shape index (κ3) is 3.25. The predicted molar refractivity (Wildman–Crippen MR) is 67.2 cm³/mol. The van der Waals surface area contributed by atoms with Crippen LogP contribution in [0, 0.1) is 0 Å². The van der Waals surface area contributed by atoms with Gasteiger partial charge in [0.1, 0.15) is 0 Å². The fourth-order valence-electron chi connectivity index (χ4n) is 1.52. The van der Waals surface area contributed by atoms with E-state index in [-0.39, 0.29) is 10.6 Å². The molecule has 1 aliphatic heterocycles. The summed E-state index contributed by atoms with van der Waals surface area (Å²) < 4.78 is 25.7. The summed E-state index contributed by atoms with van der Waals surface area (Å²) in [6.07, 6.45) is 0. The zero-order valence-corrected chi connectivity index (χ0v) is 11.8. The molecule has 90 valence electrons. The van der Waals surface area contributed by atoms with Crippen molar-refractivity contribution in [3.63, 3.8) is 0 Å². The number of sulfonamides is 1. The van der Waals surface area contributed by atoms with Crippen molar-refractivity contribution in [2.24, 2.45) is 0 Å². The molecule has 1 aliphatic rings. The second kappa shape index (κ2) is 4.82. The molecule has 1 heterocycles. The van der Waals surface area contributed by atoms with Crippen molar-refractivity contribution < 1.29 is 8.42 Å². The van der Waals surface area contributed by atoms with Crippen molar-refractivity contribution in [1.29, 1.82) is 0 Å². The van der Waals surface area contributed by atoms with Crippen molar-refractivity contribution in [3.8, 4) is 0 Å². The van der Waals surface area contributed by atoms with Crippen molar-refractivity contribution in [3.05, 3.63) is 0 Å². The molecular formula is C9H18ClNO2S2. The third-order valence-electron chi connectivity index (χ3n) is 2.48. The maximum absolute atomic E-state index is 12.0. The smallest absolute Gasteiger partial charge is 0.212 e. The number of hydrogen-bond donors (Lipinski definition) is 0. The maximum atomic E-state index is 12.0. The van der Waals surface area contributed by atoms with E-state index in [1.54, 1.807) is 11.2 Å². The lowest BCUT2D eigenvalue weighted by atomic mass is 10.2. The van der Waals surface area contributed by atoms with Gasteiger partial charge < -0.3 is 0 Å². The third-order valence-corrected chi connectivity index (χ3v) is 6.63. The van der Waals surface area contributed by atoms with Crippen LogP contribution in [0.4, 0.5) is 0 Å². The van der Waals surface area contributed by atoms with E-state index in [0.29, 0.717) is 13.1 Å². The summed E-state index contributed by atoms with van der Waals surface area (Å²) in [6, 6.07) is 0. The lowest BCUT2D eigenvalue weighted by Crippen LogP contribution is -2.49. The van der Waals surface area contributed by atoms with Gasteiger partial charge >= 0.3 is 0 Å². The number of thioether (sulfide) groups is 1. The Morgan fingerprint density at radius 2 is 2.13 bits per heavy atom. The van der Waals surface area contributed by atoms with Crippen LogP contribution in [0.2, 0.25) is 0 Å². The molecule has 0 spiro atoms. The normalized spacial score (nSPS) is 25.1. The largest absolute Gasteiger partial charge is 0.217 e. The molecule has 0 aromatic heterocycles. The van der Waals surface area contributed by atoms with Gasteiger partial charge in [-0.25, -0.2) is 8.42 Å². The first-order valence-electron chi connectivity index (χ1n) is 4.98. The van der Waals surface area contributed by atoms with Crippen LogP contribution in [-0.4, -0.2) is 47.4 Å². The van der Waals surface area contributed by atoms with Crippen LogP contribution in [0.3, 0.4) is 0 Å². The molecule has 0 N–H and O–H groups in total. The summed E-state index contributed by atoms with van der Waals surface area (Å²) in [5.74, 6) is 1.02. The first kappa shape index (κ1) is 13.6. The van der Waals surface area contributed by atoms with Gasteiger partial charge in [-0.2, -0.15) is 16.1 Å². The van der Waals surface area contributed by atoms with E-state index in [9.17, 15) is 8.42 Å². The molecule has 1 saturated heterocycles. The van der Waals surface area contributed by atoms with E-state index in [0.717, 1.165) is 5.75 Å². The highest BCUT2D eigenvalue weighted by Gasteiger charge is 2.36. The van der Waals surface area contributed by atoms with Crippen LogP contribution in [0.25, 0.3) is 0 Å². The fourth-order valence-corrected chi connectivity index (χ4v) is 4.83. The number of halogens is 1. The highest BCUT2D eigenvalue weighted by atomic mass is 35.5. The summed E-state index contributed by atoms with van der Waals surface area (Å²) >= 11 is 7.44. The van der Waals surface area contributed by atoms with E-state index in [1.807, 2.05) is 11.8 Å². The molecule has 0 radical (unpaired) electrons. The molecule has 0 aromatic carbocycles. The molecule has 1 atom stereocenters. The number of alkyl halides is 1. The van der Waals surface area contributed by atoms with Crippen molar-refractivity contribution in [2.75, 3.05) is 24.7 Å². The average Bonchev–Trinajstić information content (AvgIpc) is 2.15. The topological polar surface area (TPSA) is 37.4 Å². The Morgan fingerprint density at radius 1 is 1.53 bits per heavy atom. The highest BCUT2D eigenvalue weighted by Crippen LogP contribution is 2.31. The summed E-state index contributed by atoms with van der Waals surface area (Å²) in [6.45, 7) is 7.01. The van der Waals surface area contributed by atoms with Crippen LogP contribution in [0.5, 0.6) is 0 Å². The number of rotatable bonds is 3.